The fourth-order valence-electron chi connectivity index (χ4n) is 2.35. The summed E-state index contributed by atoms with van der Waals surface area (Å²) in [6, 6.07) is 4.57. The number of carbonyl (C=O) groups is 1. The third kappa shape index (κ3) is 3.96. The number of hydrogen-bond donors (Lipinski definition) is 0. The van der Waals surface area contributed by atoms with Gasteiger partial charge >= 0.3 is 0 Å². The van der Waals surface area contributed by atoms with Gasteiger partial charge in [0.2, 0.25) is 5.91 Å². The first-order valence-corrected chi connectivity index (χ1v) is 8.39. The monoisotopic (exact) mass is 319 g/mol. The van der Waals surface area contributed by atoms with Gasteiger partial charge in [0.05, 0.1) is 24.9 Å². The van der Waals surface area contributed by atoms with E-state index in [1.165, 1.54) is 12.8 Å². The first-order chi connectivity index (χ1) is 10.6. The van der Waals surface area contributed by atoms with Crippen molar-refractivity contribution in [2.24, 2.45) is 0 Å². The van der Waals surface area contributed by atoms with Gasteiger partial charge < -0.3 is 9.32 Å². The van der Waals surface area contributed by atoms with E-state index in [1.807, 2.05) is 12.1 Å². The average Bonchev–Trinajstić information content (AvgIpc) is 3.03. The van der Waals surface area contributed by atoms with Crippen LogP contribution in [0.5, 0.6) is 0 Å². The van der Waals surface area contributed by atoms with Crippen molar-refractivity contribution in [1.29, 1.82) is 0 Å². The highest BCUT2D eigenvalue weighted by Gasteiger charge is 2.30. The number of thiazole rings is 1. The molecule has 2 heterocycles. The molecule has 5 nitrogen and oxygen atoms in total. The highest BCUT2D eigenvalue weighted by atomic mass is 32.1. The summed E-state index contributed by atoms with van der Waals surface area (Å²) in [6.45, 7) is 1.64. The lowest BCUT2D eigenvalue weighted by Crippen LogP contribution is -2.25. The molecule has 6 heteroatoms. The van der Waals surface area contributed by atoms with Gasteiger partial charge in [0.1, 0.15) is 10.8 Å². The van der Waals surface area contributed by atoms with Crippen molar-refractivity contribution >= 4 is 17.2 Å². The highest BCUT2D eigenvalue weighted by Crippen LogP contribution is 2.30. The second-order valence-electron chi connectivity index (χ2n) is 5.91. The van der Waals surface area contributed by atoms with Crippen molar-refractivity contribution in [3.63, 3.8) is 0 Å². The van der Waals surface area contributed by atoms with Crippen LogP contribution in [-0.2, 0) is 24.3 Å². The van der Waals surface area contributed by atoms with Gasteiger partial charge in [-0.3, -0.25) is 9.69 Å². The highest BCUT2D eigenvalue weighted by molar-refractivity contribution is 7.09. The molecule has 2 aromatic rings. The number of nitrogens with zero attached hydrogens (tertiary/aromatic N) is 3. The molecule has 3 rings (SSSR count). The van der Waals surface area contributed by atoms with Crippen LogP contribution >= 0.6 is 11.3 Å². The average molecular weight is 319 g/mol. The van der Waals surface area contributed by atoms with E-state index in [1.54, 1.807) is 36.6 Å². The smallest absolute Gasteiger partial charge is 0.228 e. The van der Waals surface area contributed by atoms with E-state index in [0.29, 0.717) is 12.5 Å². The van der Waals surface area contributed by atoms with Crippen LogP contribution in [0.25, 0.3) is 0 Å². The van der Waals surface area contributed by atoms with E-state index in [4.69, 9.17) is 4.42 Å². The molecule has 0 unspecified atom stereocenters. The predicted molar refractivity (Wildman–Crippen MR) is 85.5 cm³/mol. The van der Waals surface area contributed by atoms with Crippen LogP contribution < -0.4 is 0 Å². The van der Waals surface area contributed by atoms with Gasteiger partial charge in [-0.05, 0) is 25.0 Å². The van der Waals surface area contributed by atoms with Crippen LogP contribution in [0.4, 0.5) is 0 Å². The summed E-state index contributed by atoms with van der Waals surface area (Å²) in [5, 5.41) is 2.96. The summed E-state index contributed by atoms with van der Waals surface area (Å²) in [5.41, 5.74) is 1.05. The van der Waals surface area contributed by atoms with Crippen LogP contribution in [0.15, 0.2) is 28.2 Å². The van der Waals surface area contributed by atoms with Gasteiger partial charge in [-0.2, -0.15) is 0 Å². The van der Waals surface area contributed by atoms with E-state index in [0.717, 1.165) is 29.6 Å². The Bertz CT molecular complexity index is 617. The Hall–Kier alpha value is -1.66. The normalized spacial score (nSPS) is 14.5. The molecule has 1 fully saturated rings. The second-order valence-corrected chi connectivity index (χ2v) is 6.86. The van der Waals surface area contributed by atoms with Crippen LogP contribution in [0.3, 0.4) is 0 Å². The molecule has 1 amide bonds. The number of amides is 1. The van der Waals surface area contributed by atoms with E-state index in [-0.39, 0.29) is 5.91 Å². The van der Waals surface area contributed by atoms with Gasteiger partial charge in [0.15, 0.2) is 0 Å². The topological polar surface area (TPSA) is 49.6 Å². The maximum absolute atomic E-state index is 11.7. The van der Waals surface area contributed by atoms with Gasteiger partial charge in [0, 0.05) is 32.1 Å². The minimum Gasteiger partial charge on any atom is -0.468 e. The fourth-order valence-corrected chi connectivity index (χ4v) is 3.13. The maximum atomic E-state index is 11.7. The molecular weight excluding hydrogens is 298 g/mol. The van der Waals surface area contributed by atoms with Gasteiger partial charge in [0.25, 0.3) is 0 Å². The molecular formula is C16H21N3O2S. The Kier molecular flexibility index (Phi) is 4.59. The summed E-state index contributed by atoms with van der Waals surface area (Å²) in [5.74, 6) is 1.08. The summed E-state index contributed by atoms with van der Waals surface area (Å²) >= 11 is 1.57. The molecule has 0 radical (unpaired) electrons. The van der Waals surface area contributed by atoms with Crippen molar-refractivity contribution in [2.45, 2.75) is 38.4 Å². The number of likely N-dealkylation sites (N-methyl/N-ethyl adjacent to an activating group) is 1. The molecule has 0 spiro atoms. The van der Waals surface area contributed by atoms with Crippen molar-refractivity contribution in [3.05, 3.63) is 40.2 Å². The maximum Gasteiger partial charge on any atom is 0.228 e. The predicted octanol–water partition coefficient (Wildman–Crippen LogP) is 2.53. The lowest BCUT2D eigenvalue weighted by Gasteiger charge is -2.19. The molecule has 0 aromatic carbocycles. The third-order valence-corrected chi connectivity index (χ3v) is 4.67. The lowest BCUT2D eigenvalue weighted by atomic mass is 10.3. The number of carbonyl (C=O) groups excluding carboxylic acids is 1. The van der Waals surface area contributed by atoms with Gasteiger partial charge in [-0.15, -0.1) is 11.3 Å². The Morgan fingerprint density at radius 2 is 2.23 bits per heavy atom. The number of hydrogen-bond acceptors (Lipinski definition) is 5. The second kappa shape index (κ2) is 6.62. The first kappa shape index (κ1) is 15.2. The molecule has 0 bridgehead atoms. The summed E-state index contributed by atoms with van der Waals surface area (Å²) in [6.07, 6.45) is 4.60. The van der Waals surface area contributed by atoms with Gasteiger partial charge in [-0.1, -0.05) is 0 Å². The molecule has 22 heavy (non-hydrogen) atoms. The van der Waals surface area contributed by atoms with Crippen LogP contribution in [0, 0.1) is 0 Å². The summed E-state index contributed by atoms with van der Waals surface area (Å²) in [4.78, 5) is 20.4. The van der Waals surface area contributed by atoms with Crippen molar-refractivity contribution in [3.8, 4) is 0 Å². The third-order valence-electron chi connectivity index (χ3n) is 3.77. The van der Waals surface area contributed by atoms with Crippen LogP contribution in [-0.4, -0.2) is 40.8 Å². The number of rotatable bonds is 7. The zero-order valence-electron chi connectivity index (χ0n) is 13.0. The molecule has 0 aliphatic heterocycles. The molecule has 1 aliphatic carbocycles. The molecule has 2 aromatic heterocycles. The first-order valence-electron chi connectivity index (χ1n) is 7.51. The van der Waals surface area contributed by atoms with E-state index in [2.05, 4.69) is 15.3 Å². The van der Waals surface area contributed by atoms with Crippen LogP contribution in [0.2, 0.25) is 0 Å². The molecule has 118 valence electrons. The van der Waals surface area contributed by atoms with Crippen LogP contribution in [0.1, 0.15) is 29.3 Å². The standard InChI is InChI=1S/C16H21N3O2S/c1-18(2)16(20)8-15-17-12(11-22-15)9-19(13-5-6-13)10-14-4-3-7-21-14/h3-4,7,11,13H,5-6,8-10H2,1-2H3. The van der Waals surface area contributed by atoms with Crippen molar-refractivity contribution in [1.82, 2.24) is 14.8 Å². The Balaban J connectivity index is 1.61. The van der Waals surface area contributed by atoms with Crippen molar-refractivity contribution < 1.29 is 9.21 Å². The fraction of sp³-hybridized carbons (Fsp3) is 0.500. The Labute approximate surface area is 134 Å². The number of furan rings is 1. The SMILES string of the molecule is CN(C)C(=O)Cc1nc(CN(Cc2ccco2)C2CC2)cs1. The lowest BCUT2D eigenvalue weighted by molar-refractivity contribution is -0.127. The van der Waals surface area contributed by atoms with Crippen molar-refractivity contribution in [2.75, 3.05) is 14.1 Å². The largest absolute Gasteiger partial charge is 0.468 e. The van der Waals surface area contributed by atoms with E-state index >= 15 is 0 Å². The number of aromatic nitrogens is 1. The summed E-state index contributed by atoms with van der Waals surface area (Å²) < 4.78 is 5.45. The van der Waals surface area contributed by atoms with E-state index in [9.17, 15) is 4.79 Å². The molecule has 1 saturated carbocycles. The Morgan fingerprint density at radius 3 is 2.86 bits per heavy atom. The zero-order valence-corrected chi connectivity index (χ0v) is 13.8. The summed E-state index contributed by atoms with van der Waals surface area (Å²) in [7, 11) is 3.55. The Morgan fingerprint density at radius 1 is 1.41 bits per heavy atom. The minimum absolute atomic E-state index is 0.0931. The molecule has 0 atom stereocenters. The quantitative estimate of drug-likeness (QED) is 0.787. The zero-order chi connectivity index (χ0) is 15.5. The molecule has 0 saturated heterocycles. The van der Waals surface area contributed by atoms with E-state index < -0.39 is 0 Å². The minimum atomic E-state index is 0.0931. The molecule has 1 aliphatic rings. The van der Waals surface area contributed by atoms with Gasteiger partial charge in [-0.25, -0.2) is 4.98 Å². The molecule has 0 N–H and O–H groups in total.